The van der Waals surface area contributed by atoms with E-state index in [-0.39, 0.29) is 12.5 Å². The van der Waals surface area contributed by atoms with Crippen molar-refractivity contribution in [3.05, 3.63) is 64.7 Å². The third-order valence-corrected chi connectivity index (χ3v) is 2.92. The van der Waals surface area contributed by atoms with Crippen LogP contribution in [0.25, 0.3) is 0 Å². The van der Waals surface area contributed by atoms with Gasteiger partial charge in [-0.05, 0) is 36.8 Å². The van der Waals surface area contributed by atoms with Crippen molar-refractivity contribution in [2.45, 2.75) is 6.92 Å². The number of carbonyl (C=O) groups excluding carboxylic acids is 1. The number of benzene rings is 2. The first-order valence-corrected chi connectivity index (χ1v) is 6.78. The molecule has 0 saturated heterocycles. The summed E-state index contributed by atoms with van der Waals surface area (Å²) < 4.78 is 5.30. The van der Waals surface area contributed by atoms with Crippen LogP contribution in [0.5, 0.6) is 5.75 Å². The molecule has 2 aromatic carbocycles. The van der Waals surface area contributed by atoms with Gasteiger partial charge in [-0.3, -0.25) is 4.79 Å². The van der Waals surface area contributed by atoms with Crippen LogP contribution >= 0.6 is 11.6 Å². The zero-order valence-electron chi connectivity index (χ0n) is 11.5. The van der Waals surface area contributed by atoms with Crippen LogP contribution in [-0.4, -0.2) is 18.7 Å². The number of aryl methyl sites for hydroxylation is 1. The first-order chi connectivity index (χ1) is 10.1. The number of carbonyl (C=O) groups is 1. The minimum Gasteiger partial charge on any atom is -0.484 e. The predicted molar refractivity (Wildman–Crippen MR) is 83.9 cm³/mol. The molecule has 0 saturated carbocycles. The maximum atomic E-state index is 11.6. The van der Waals surface area contributed by atoms with Crippen LogP contribution in [0.2, 0.25) is 5.02 Å². The van der Waals surface area contributed by atoms with Crippen LogP contribution < -0.4 is 10.2 Å². The van der Waals surface area contributed by atoms with E-state index in [2.05, 4.69) is 10.5 Å². The quantitative estimate of drug-likeness (QED) is 0.681. The van der Waals surface area contributed by atoms with E-state index in [1.54, 1.807) is 30.5 Å². The first-order valence-electron chi connectivity index (χ1n) is 6.40. The standard InChI is InChI=1S/C16H15ClN2O2/c1-12-2-4-13(5-3-12)10-18-19-16(20)11-21-15-8-6-14(17)7-9-15/h2-10H,11H2,1H3,(H,19,20). The van der Waals surface area contributed by atoms with E-state index in [1.807, 2.05) is 31.2 Å². The third-order valence-electron chi connectivity index (χ3n) is 2.66. The second-order valence-corrected chi connectivity index (χ2v) is 4.88. The SMILES string of the molecule is Cc1ccc(C=NNC(=O)COc2ccc(Cl)cc2)cc1. The van der Waals surface area contributed by atoms with Crippen molar-refractivity contribution in [3.8, 4) is 5.75 Å². The Morgan fingerprint density at radius 2 is 1.86 bits per heavy atom. The number of amides is 1. The highest BCUT2D eigenvalue weighted by Gasteiger charge is 2.01. The Hall–Kier alpha value is -2.33. The number of hydrazone groups is 1. The predicted octanol–water partition coefficient (Wildman–Crippen LogP) is 3.18. The average Bonchev–Trinajstić information content (AvgIpc) is 2.49. The maximum Gasteiger partial charge on any atom is 0.277 e. The molecule has 0 unspecified atom stereocenters. The Morgan fingerprint density at radius 3 is 2.52 bits per heavy atom. The topological polar surface area (TPSA) is 50.7 Å². The minimum atomic E-state index is -0.326. The van der Waals surface area contributed by atoms with Crippen LogP contribution in [0.15, 0.2) is 53.6 Å². The molecule has 0 aliphatic heterocycles. The first kappa shape index (κ1) is 15.1. The van der Waals surface area contributed by atoms with Gasteiger partial charge in [0, 0.05) is 5.02 Å². The smallest absolute Gasteiger partial charge is 0.277 e. The summed E-state index contributed by atoms with van der Waals surface area (Å²) >= 11 is 5.76. The largest absolute Gasteiger partial charge is 0.484 e. The van der Waals surface area contributed by atoms with Gasteiger partial charge >= 0.3 is 0 Å². The third kappa shape index (κ3) is 5.28. The van der Waals surface area contributed by atoms with Gasteiger partial charge in [0.15, 0.2) is 6.61 Å². The Bertz CT molecular complexity index is 622. The van der Waals surface area contributed by atoms with E-state index in [1.165, 1.54) is 5.56 Å². The lowest BCUT2D eigenvalue weighted by Gasteiger charge is -2.04. The molecule has 0 aliphatic carbocycles. The van der Waals surface area contributed by atoms with E-state index in [9.17, 15) is 4.79 Å². The highest BCUT2D eigenvalue weighted by Crippen LogP contribution is 2.15. The van der Waals surface area contributed by atoms with Gasteiger partial charge in [-0.1, -0.05) is 41.4 Å². The van der Waals surface area contributed by atoms with Gasteiger partial charge in [-0.25, -0.2) is 5.43 Å². The summed E-state index contributed by atoms with van der Waals surface area (Å²) in [5, 5.41) is 4.49. The molecule has 0 bridgehead atoms. The molecule has 1 N–H and O–H groups in total. The molecule has 5 heteroatoms. The van der Waals surface area contributed by atoms with Crippen LogP contribution in [0.4, 0.5) is 0 Å². The van der Waals surface area contributed by atoms with Gasteiger partial charge in [0.2, 0.25) is 0 Å². The lowest BCUT2D eigenvalue weighted by atomic mass is 10.2. The van der Waals surface area contributed by atoms with Crippen LogP contribution in [0, 0.1) is 6.92 Å². The molecule has 0 spiro atoms. The number of nitrogens with zero attached hydrogens (tertiary/aromatic N) is 1. The van der Waals surface area contributed by atoms with Crippen molar-refractivity contribution in [2.75, 3.05) is 6.61 Å². The molecule has 0 aliphatic rings. The number of ether oxygens (including phenoxy) is 1. The minimum absolute atomic E-state index is 0.104. The molecule has 4 nitrogen and oxygen atoms in total. The molecule has 0 radical (unpaired) electrons. The molecule has 0 fully saturated rings. The van der Waals surface area contributed by atoms with Gasteiger partial charge < -0.3 is 4.74 Å². The summed E-state index contributed by atoms with van der Waals surface area (Å²) in [7, 11) is 0. The van der Waals surface area contributed by atoms with Crippen LogP contribution in [0.1, 0.15) is 11.1 Å². The van der Waals surface area contributed by atoms with E-state index in [4.69, 9.17) is 16.3 Å². The fraction of sp³-hybridized carbons (Fsp3) is 0.125. The normalized spacial score (nSPS) is 10.6. The molecular weight excluding hydrogens is 288 g/mol. The molecule has 21 heavy (non-hydrogen) atoms. The molecule has 1 amide bonds. The second kappa shape index (κ2) is 7.45. The van der Waals surface area contributed by atoms with Gasteiger partial charge in [0.25, 0.3) is 5.91 Å². The fourth-order valence-corrected chi connectivity index (χ4v) is 1.67. The average molecular weight is 303 g/mol. The molecule has 0 aromatic heterocycles. The Labute approximate surface area is 128 Å². The molecule has 2 aromatic rings. The Balaban J connectivity index is 1.77. The summed E-state index contributed by atoms with van der Waals surface area (Å²) in [6.07, 6.45) is 1.58. The summed E-state index contributed by atoms with van der Waals surface area (Å²) in [4.78, 5) is 11.6. The summed E-state index contributed by atoms with van der Waals surface area (Å²) in [5.41, 5.74) is 4.50. The zero-order valence-corrected chi connectivity index (χ0v) is 12.3. The molecular formula is C16H15ClN2O2. The number of rotatable bonds is 5. The van der Waals surface area contributed by atoms with Gasteiger partial charge in [0.05, 0.1) is 6.21 Å². The van der Waals surface area contributed by atoms with Crippen molar-refractivity contribution >= 4 is 23.7 Å². The van der Waals surface area contributed by atoms with Crippen molar-refractivity contribution in [1.82, 2.24) is 5.43 Å². The van der Waals surface area contributed by atoms with Crippen molar-refractivity contribution in [1.29, 1.82) is 0 Å². The van der Waals surface area contributed by atoms with E-state index in [0.29, 0.717) is 10.8 Å². The molecule has 0 atom stereocenters. The lowest BCUT2D eigenvalue weighted by Crippen LogP contribution is -2.24. The van der Waals surface area contributed by atoms with Gasteiger partial charge in [-0.15, -0.1) is 0 Å². The van der Waals surface area contributed by atoms with Gasteiger partial charge in [0.1, 0.15) is 5.75 Å². The fourth-order valence-electron chi connectivity index (χ4n) is 1.54. The maximum absolute atomic E-state index is 11.6. The van der Waals surface area contributed by atoms with Crippen LogP contribution in [-0.2, 0) is 4.79 Å². The Kier molecular flexibility index (Phi) is 5.35. The zero-order chi connectivity index (χ0) is 15.1. The van der Waals surface area contributed by atoms with E-state index in [0.717, 1.165) is 5.56 Å². The summed E-state index contributed by atoms with van der Waals surface area (Å²) in [5.74, 6) is 0.255. The molecule has 108 valence electrons. The number of hydrogen-bond acceptors (Lipinski definition) is 3. The highest BCUT2D eigenvalue weighted by atomic mass is 35.5. The Morgan fingerprint density at radius 1 is 1.19 bits per heavy atom. The number of hydrogen-bond donors (Lipinski definition) is 1. The second-order valence-electron chi connectivity index (χ2n) is 4.45. The summed E-state index contributed by atoms with van der Waals surface area (Å²) in [6.45, 7) is 1.91. The van der Waals surface area contributed by atoms with Crippen LogP contribution in [0.3, 0.4) is 0 Å². The lowest BCUT2D eigenvalue weighted by molar-refractivity contribution is -0.123. The summed E-state index contributed by atoms with van der Waals surface area (Å²) in [6, 6.07) is 14.6. The number of nitrogens with one attached hydrogen (secondary N) is 1. The monoisotopic (exact) mass is 302 g/mol. The van der Waals surface area contributed by atoms with Crippen molar-refractivity contribution in [2.24, 2.45) is 5.10 Å². The molecule has 2 rings (SSSR count). The molecule has 0 heterocycles. The van der Waals surface area contributed by atoms with Crippen molar-refractivity contribution in [3.63, 3.8) is 0 Å². The highest BCUT2D eigenvalue weighted by molar-refractivity contribution is 6.30. The van der Waals surface area contributed by atoms with Crippen molar-refractivity contribution < 1.29 is 9.53 Å². The van der Waals surface area contributed by atoms with E-state index < -0.39 is 0 Å². The number of halogens is 1. The van der Waals surface area contributed by atoms with Gasteiger partial charge in [-0.2, -0.15) is 5.10 Å². The van der Waals surface area contributed by atoms with E-state index >= 15 is 0 Å².